The number of aryl methyl sites for hydroxylation is 1. The van der Waals surface area contributed by atoms with Crippen LogP contribution in [0.3, 0.4) is 0 Å². The van der Waals surface area contributed by atoms with Crippen molar-refractivity contribution in [2.24, 2.45) is 0 Å². The summed E-state index contributed by atoms with van der Waals surface area (Å²) < 4.78 is 11.7. The third-order valence-electron chi connectivity index (χ3n) is 4.76. The minimum absolute atomic E-state index is 0.0333. The number of hydrogen-bond donors (Lipinski definition) is 0. The number of rotatable bonds is 5. The number of carbonyl (C=O) groups excluding carboxylic acids is 1. The highest BCUT2D eigenvalue weighted by Gasteiger charge is 2.22. The fourth-order valence-corrected chi connectivity index (χ4v) is 4.54. The predicted molar refractivity (Wildman–Crippen MR) is 115 cm³/mol. The van der Waals surface area contributed by atoms with E-state index in [-0.39, 0.29) is 5.78 Å². The number of hydrogen-bond acceptors (Lipinski definition) is 4. The van der Waals surface area contributed by atoms with Crippen LogP contribution in [-0.4, -0.2) is 20.0 Å². The van der Waals surface area contributed by atoms with Crippen molar-refractivity contribution in [2.75, 3.05) is 14.2 Å². The Morgan fingerprint density at radius 1 is 0.857 bits per heavy atom. The van der Waals surface area contributed by atoms with Crippen LogP contribution in [0.4, 0.5) is 0 Å². The highest BCUT2D eigenvalue weighted by atomic mass is 32.1. The van der Waals surface area contributed by atoms with Gasteiger partial charge < -0.3 is 9.47 Å². The summed E-state index contributed by atoms with van der Waals surface area (Å²) in [5.74, 6) is 1.61. The lowest BCUT2D eigenvalue weighted by Crippen LogP contribution is -2.02. The van der Waals surface area contributed by atoms with Gasteiger partial charge in [0.25, 0.3) is 0 Å². The van der Waals surface area contributed by atoms with Gasteiger partial charge in [-0.25, -0.2) is 0 Å². The van der Waals surface area contributed by atoms with Crippen molar-refractivity contribution in [3.63, 3.8) is 0 Å². The van der Waals surface area contributed by atoms with Gasteiger partial charge in [-0.05, 0) is 61.0 Å². The number of benzene rings is 3. The van der Waals surface area contributed by atoms with E-state index in [4.69, 9.17) is 9.47 Å². The summed E-state index contributed by atoms with van der Waals surface area (Å²) in [5, 5.41) is 0.947. The molecule has 0 aliphatic heterocycles. The molecule has 3 nitrogen and oxygen atoms in total. The average Bonchev–Trinajstić information content (AvgIpc) is 3.11. The first-order chi connectivity index (χ1) is 13.6. The first-order valence-corrected chi connectivity index (χ1v) is 9.78. The number of methoxy groups -OCH3 is 2. The van der Waals surface area contributed by atoms with Crippen LogP contribution in [0.5, 0.6) is 11.5 Å². The van der Waals surface area contributed by atoms with Crippen molar-refractivity contribution in [1.29, 1.82) is 0 Å². The highest BCUT2D eigenvalue weighted by molar-refractivity contribution is 7.22. The molecule has 0 bridgehead atoms. The van der Waals surface area contributed by atoms with Crippen LogP contribution >= 0.6 is 11.3 Å². The van der Waals surface area contributed by atoms with Gasteiger partial charge in [0.1, 0.15) is 11.5 Å². The molecule has 0 unspecified atom stereocenters. The normalized spacial score (nSPS) is 10.8. The molecular weight excluding hydrogens is 368 g/mol. The number of thiophene rings is 1. The molecule has 3 aromatic carbocycles. The average molecular weight is 388 g/mol. The van der Waals surface area contributed by atoms with E-state index in [2.05, 4.69) is 0 Å². The fourth-order valence-electron chi connectivity index (χ4n) is 3.31. The zero-order valence-electron chi connectivity index (χ0n) is 16.0. The number of ketones is 1. The summed E-state index contributed by atoms with van der Waals surface area (Å²) >= 11 is 1.61. The Bertz CT molecular complexity index is 1160. The van der Waals surface area contributed by atoms with E-state index in [1.807, 2.05) is 73.7 Å². The second-order valence-electron chi connectivity index (χ2n) is 6.60. The molecule has 0 atom stereocenters. The van der Waals surface area contributed by atoms with Crippen molar-refractivity contribution < 1.29 is 14.3 Å². The molecular formula is C24H20O3S. The monoisotopic (exact) mass is 388 g/mol. The SMILES string of the molecule is COc1ccc(-c2sc3cc(OC)ccc3c2C(=O)c2cccc(C)c2)cc1. The van der Waals surface area contributed by atoms with E-state index in [0.29, 0.717) is 5.56 Å². The summed E-state index contributed by atoms with van der Waals surface area (Å²) in [6.45, 7) is 2.00. The molecule has 4 rings (SSSR count). The quantitative estimate of drug-likeness (QED) is 0.386. The molecule has 1 aromatic heterocycles. The second kappa shape index (κ2) is 7.49. The first kappa shape index (κ1) is 18.3. The molecule has 0 aliphatic carbocycles. The van der Waals surface area contributed by atoms with E-state index in [9.17, 15) is 4.79 Å². The first-order valence-electron chi connectivity index (χ1n) is 8.97. The van der Waals surface area contributed by atoms with Crippen molar-refractivity contribution in [2.45, 2.75) is 6.92 Å². The minimum atomic E-state index is 0.0333. The van der Waals surface area contributed by atoms with Crippen LogP contribution in [-0.2, 0) is 0 Å². The van der Waals surface area contributed by atoms with Crippen LogP contribution in [0, 0.1) is 6.92 Å². The lowest BCUT2D eigenvalue weighted by molar-refractivity contribution is 0.104. The van der Waals surface area contributed by atoms with Crippen molar-refractivity contribution in [3.05, 3.63) is 83.4 Å². The maximum Gasteiger partial charge on any atom is 0.195 e. The third-order valence-corrected chi connectivity index (χ3v) is 5.96. The maximum absolute atomic E-state index is 13.5. The molecule has 0 saturated heterocycles. The van der Waals surface area contributed by atoms with Gasteiger partial charge in [0.2, 0.25) is 0 Å². The molecule has 4 heteroatoms. The topological polar surface area (TPSA) is 35.5 Å². The van der Waals surface area contributed by atoms with E-state index < -0.39 is 0 Å². The summed E-state index contributed by atoms with van der Waals surface area (Å²) in [4.78, 5) is 14.5. The van der Waals surface area contributed by atoms with Gasteiger partial charge in [0, 0.05) is 26.1 Å². The standard InChI is InChI=1S/C24H20O3S/c1-15-5-4-6-17(13-15)23(25)22-20-12-11-19(27-3)14-21(20)28-24(22)16-7-9-18(26-2)10-8-16/h4-14H,1-3H3. The zero-order valence-corrected chi connectivity index (χ0v) is 16.8. The second-order valence-corrected chi connectivity index (χ2v) is 7.65. The number of fused-ring (bicyclic) bond motifs is 1. The molecule has 0 N–H and O–H groups in total. The summed E-state index contributed by atoms with van der Waals surface area (Å²) in [5.41, 5.74) is 3.50. The Morgan fingerprint density at radius 3 is 2.25 bits per heavy atom. The van der Waals surface area contributed by atoms with E-state index in [1.165, 1.54) is 0 Å². The Balaban J connectivity index is 1.94. The van der Waals surface area contributed by atoms with E-state index in [0.717, 1.165) is 43.2 Å². The van der Waals surface area contributed by atoms with E-state index in [1.54, 1.807) is 25.6 Å². The molecule has 4 aromatic rings. The van der Waals surface area contributed by atoms with Gasteiger partial charge in [0.15, 0.2) is 5.78 Å². The molecule has 0 radical (unpaired) electrons. The molecule has 0 spiro atoms. The van der Waals surface area contributed by atoms with Gasteiger partial charge in [-0.15, -0.1) is 11.3 Å². The van der Waals surface area contributed by atoms with Crippen LogP contribution in [0.15, 0.2) is 66.7 Å². The van der Waals surface area contributed by atoms with Gasteiger partial charge in [0.05, 0.1) is 14.2 Å². The lowest BCUT2D eigenvalue weighted by Gasteiger charge is -2.07. The molecule has 1 heterocycles. The Morgan fingerprint density at radius 2 is 1.57 bits per heavy atom. The molecule has 0 saturated carbocycles. The van der Waals surface area contributed by atoms with Crippen molar-refractivity contribution in [1.82, 2.24) is 0 Å². The van der Waals surface area contributed by atoms with Crippen LogP contribution in [0.25, 0.3) is 20.5 Å². The smallest absolute Gasteiger partial charge is 0.195 e. The van der Waals surface area contributed by atoms with Gasteiger partial charge in [-0.1, -0.05) is 23.8 Å². The summed E-state index contributed by atoms with van der Waals surface area (Å²) in [6.07, 6.45) is 0. The lowest BCUT2D eigenvalue weighted by atomic mass is 9.96. The van der Waals surface area contributed by atoms with E-state index >= 15 is 0 Å². The van der Waals surface area contributed by atoms with Crippen LogP contribution in [0.2, 0.25) is 0 Å². The largest absolute Gasteiger partial charge is 0.497 e. The van der Waals surface area contributed by atoms with Gasteiger partial charge in [-0.3, -0.25) is 4.79 Å². The molecule has 28 heavy (non-hydrogen) atoms. The Hall–Kier alpha value is -3.11. The van der Waals surface area contributed by atoms with Gasteiger partial charge >= 0.3 is 0 Å². The fraction of sp³-hybridized carbons (Fsp3) is 0.125. The summed E-state index contributed by atoms with van der Waals surface area (Å²) in [6, 6.07) is 21.4. The molecule has 140 valence electrons. The number of carbonyl (C=O) groups is 1. The predicted octanol–water partition coefficient (Wildman–Crippen LogP) is 6.12. The minimum Gasteiger partial charge on any atom is -0.497 e. The Labute approximate surface area is 168 Å². The van der Waals surface area contributed by atoms with Gasteiger partial charge in [-0.2, -0.15) is 0 Å². The Kier molecular flexibility index (Phi) is 4.88. The number of ether oxygens (including phenoxy) is 2. The molecule has 0 amide bonds. The third kappa shape index (κ3) is 3.27. The summed E-state index contributed by atoms with van der Waals surface area (Å²) in [7, 11) is 3.30. The maximum atomic E-state index is 13.5. The van der Waals surface area contributed by atoms with Crippen LogP contribution in [0.1, 0.15) is 21.5 Å². The molecule has 0 fully saturated rings. The van der Waals surface area contributed by atoms with Crippen LogP contribution < -0.4 is 9.47 Å². The molecule has 0 aliphatic rings. The van der Waals surface area contributed by atoms with Crippen molar-refractivity contribution >= 4 is 27.2 Å². The highest BCUT2D eigenvalue weighted by Crippen LogP contribution is 2.41. The zero-order chi connectivity index (χ0) is 19.7. The van der Waals surface area contributed by atoms with Crippen molar-refractivity contribution in [3.8, 4) is 21.9 Å².